The van der Waals surface area contributed by atoms with Gasteiger partial charge in [-0.1, -0.05) is 130 Å². The van der Waals surface area contributed by atoms with Crippen LogP contribution in [0.2, 0.25) is 0 Å². The average molecular weight is 511 g/mol. The van der Waals surface area contributed by atoms with Gasteiger partial charge in [-0.3, -0.25) is 9.59 Å². The van der Waals surface area contributed by atoms with E-state index >= 15 is 0 Å². The summed E-state index contributed by atoms with van der Waals surface area (Å²) in [5, 5.41) is 0. The summed E-state index contributed by atoms with van der Waals surface area (Å²) in [6, 6.07) is 0. The first kappa shape index (κ1) is 34.9. The molecule has 0 heterocycles. The van der Waals surface area contributed by atoms with Crippen molar-refractivity contribution in [3.8, 4) is 0 Å². The van der Waals surface area contributed by atoms with Crippen LogP contribution in [-0.2, 0) is 19.1 Å². The van der Waals surface area contributed by atoms with Gasteiger partial charge in [0.05, 0.1) is 13.2 Å². The average Bonchev–Trinajstić information content (AvgIpc) is 2.85. The summed E-state index contributed by atoms with van der Waals surface area (Å²) < 4.78 is 10.9. The van der Waals surface area contributed by atoms with Crippen LogP contribution in [0, 0.1) is 11.8 Å². The van der Waals surface area contributed by atoms with Crippen molar-refractivity contribution >= 4 is 11.9 Å². The number of hydrogen-bond donors (Lipinski definition) is 0. The Labute approximate surface area is 225 Å². The second kappa shape index (κ2) is 27.0. The summed E-state index contributed by atoms with van der Waals surface area (Å²) in [4.78, 5) is 24.1. The molecule has 0 fully saturated rings. The molecule has 0 N–H and O–H groups in total. The highest BCUT2D eigenvalue weighted by molar-refractivity contribution is 5.69. The summed E-state index contributed by atoms with van der Waals surface area (Å²) in [5.74, 6) is 0.929. The standard InChI is InChI=1S/C32H62O4/c1-5-7-9-11-18-22-26-35-31(33)25-21-17-15-13-14-16-20-24-30(29(3)4)28-32(34)36-27-23-19-12-10-8-6-2/h29-30H,5-28H2,1-4H3. The fourth-order valence-corrected chi connectivity index (χ4v) is 4.71. The highest BCUT2D eigenvalue weighted by Crippen LogP contribution is 2.23. The van der Waals surface area contributed by atoms with E-state index in [2.05, 4.69) is 27.7 Å². The molecule has 0 amide bonds. The van der Waals surface area contributed by atoms with Gasteiger partial charge in [0.2, 0.25) is 0 Å². The summed E-state index contributed by atoms with van der Waals surface area (Å²) in [6.45, 7) is 10.1. The zero-order valence-electron chi connectivity index (χ0n) is 24.8. The van der Waals surface area contributed by atoms with E-state index in [1.54, 1.807) is 0 Å². The summed E-state index contributed by atoms with van der Waals surface area (Å²) in [6.07, 6.45) is 25.1. The molecule has 1 unspecified atom stereocenters. The molecule has 4 heteroatoms. The number of unbranched alkanes of at least 4 members (excludes halogenated alkanes) is 16. The topological polar surface area (TPSA) is 52.6 Å². The first-order valence-corrected chi connectivity index (χ1v) is 15.8. The molecule has 214 valence electrons. The summed E-state index contributed by atoms with van der Waals surface area (Å²) in [5.41, 5.74) is 0. The third-order valence-corrected chi connectivity index (χ3v) is 7.35. The Hall–Kier alpha value is -1.06. The predicted octanol–water partition coefficient (Wildman–Crippen LogP) is 9.97. The fourth-order valence-electron chi connectivity index (χ4n) is 4.71. The predicted molar refractivity (Wildman–Crippen MR) is 153 cm³/mol. The molecule has 0 aromatic heterocycles. The first-order valence-electron chi connectivity index (χ1n) is 15.8. The van der Waals surface area contributed by atoms with Crippen LogP contribution in [0.4, 0.5) is 0 Å². The molecule has 0 aromatic rings. The highest BCUT2D eigenvalue weighted by Gasteiger charge is 2.18. The van der Waals surface area contributed by atoms with Crippen LogP contribution in [0.1, 0.15) is 169 Å². The molecule has 4 nitrogen and oxygen atoms in total. The van der Waals surface area contributed by atoms with Crippen LogP contribution < -0.4 is 0 Å². The minimum atomic E-state index is -0.0196. The van der Waals surface area contributed by atoms with E-state index in [4.69, 9.17) is 9.47 Å². The van der Waals surface area contributed by atoms with E-state index in [1.165, 1.54) is 96.3 Å². The second-order valence-corrected chi connectivity index (χ2v) is 11.2. The van der Waals surface area contributed by atoms with Crippen molar-refractivity contribution in [1.82, 2.24) is 0 Å². The SMILES string of the molecule is CCCCCCCCOC(=O)CCCCCCCCCC(CC(=O)OCCCCCCCC)C(C)C. The summed E-state index contributed by atoms with van der Waals surface area (Å²) >= 11 is 0. The molecule has 0 saturated heterocycles. The Morgan fingerprint density at radius 3 is 1.44 bits per heavy atom. The zero-order valence-corrected chi connectivity index (χ0v) is 24.8. The monoisotopic (exact) mass is 510 g/mol. The van der Waals surface area contributed by atoms with E-state index in [0.717, 1.165) is 32.1 Å². The van der Waals surface area contributed by atoms with Crippen LogP contribution in [0.3, 0.4) is 0 Å². The van der Waals surface area contributed by atoms with E-state index in [-0.39, 0.29) is 11.9 Å². The molecule has 0 spiro atoms. The van der Waals surface area contributed by atoms with Crippen molar-refractivity contribution in [2.75, 3.05) is 13.2 Å². The van der Waals surface area contributed by atoms with Crippen LogP contribution in [0.15, 0.2) is 0 Å². The van der Waals surface area contributed by atoms with Crippen LogP contribution in [0.5, 0.6) is 0 Å². The van der Waals surface area contributed by atoms with Crippen molar-refractivity contribution in [2.24, 2.45) is 11.8 Å². The Balaban J connectivity index is 3.60. The number of esters is 2. The van der Waals surface area contributed by atoms with Gasteiger partial charge >= 0.3 is 11.9 Å². The molecule has 0 aliphatic rings. The molecule has 0 saturated carbocycles. The van der Waals surface area contributed by atoms with Crippen LogP contribution in [-0.4, -0.2) is 25.2 Å². The van der Waals surface area contributed by atoms with Crippen LogP contribution in [0.25, 0.3) is 0 Å². The van der Waals surface area contributed by atoms with Gasteiger partial charge in [0.1, 0.15) is 0 Å². The summed E-state index contributed by atoms with van der Waals surface area (Å²) in [7, 11) is 0. The third kappa shape index (κ3) is 24.6. The fraction of sp³-hybridized carbons (Fsp3) is 0.938. The lowest BCUT2D eigenvalue weighted by molar-refractivity contribution is -0.145. The number of ether oxygens (including phenoxy) is 2. The maximum Gasteiger partial charge on any atom is 0.306 e. The van der Waals surface area contributed by atoms with Gasteiger partial charge in [-0.15, -0.1) is 0 Å². The Morgan fingerprint density at radius 1 is 0.528 bits per heavy atom. The van der Waals surface area contributed by atoms with Gasteiger partial charge in [0.25, 0.3) is 0 Å². The van der Waals surface area contributed by atoms with Crippen molar-refractivity contribution < 1.29 is 19.1 Å². The lowest BCUT2D eigenvalue weighted by atomic mass is 9.87. The van der Waals surface area contributed by atoms with Gasteiger partial charge in [-0.25, -0.2) is 0 Å². The molecule has 36 heavy (non-hydrogen) atoms. The van der Waals surface area contributed by atoms with Gasteiger partial charge in [0, 0.05) is 12.8 Å². The van der Waals surface area contributed by atoms with Crippen LogP contribution >= 0.6 is 0 Å². The molecule has 0 bridgehead atoms. The van der Waals surface area contributed by atoms with E-state index in [0.29, 0.717) is 37.9 Å². The van der Waals surface area contributed by atoms with Gasteiger partial charge in [0.15, 0.2) is 0 Å². The molecule has 0 radical (unpaired) electrons. The Bertz CT molecular complexity index is 489. The zero-order chi connectivity index (χ0) is 26.7. The molecule has 1 atom stereocenters. The Morgan fingerprint density at radius 2 is 0.944 bits per heavy atom. The normalized spacial score (nSPS) is 12.1. The van der Waals surface area contributed by atoms with Gasteiger partial charge in [-0.2, -0.15) is 0 Å². The lowest BCUT2D eigenvalue weighted by Gasteiger charge is -2.20. The van der Waals surface area contributed by atoms with E-state index in [1.807, 2.05) is 0 Å². The molecular weight excluding hydrogens is 448 g/mol. The number of hydrogen-bond acceptors (Lipinski definition) is 4. The molecule has 0 aliphatic heterocycles. The Kier molecular flexibility index (Phi) is 26.2. The van der Waals surface area contributed by atoms with Crippen molar-refractivity contribution in [1.29, 1.82) is 0 Å². The van der Waals surface area contributed by atoms with Crippen molar-refractivity contribution in [3.05, 3.63) is 0 Å². The molecule has 0 aromatic carbocycles. The van der Waals surface area contributed by atoms with Crippen molar-refractivity contribution in [2.45, 2.75) is 169 Å². The maximum absolute atomic E-state index is 12.2. The number of carbonyl (C=O) groups excluding carboxylic acids is 2. The minimum absolute atomic E-state index is 0.00670. The third-order valence-electron chi connectivity index (χ3n) is 7.35. The van der Waals surface area contributed by atoms with Gasteiger partial charge < -0.3 is 9.47 Å². The number of rotatable bonds is 27. The smallest absolute Gasteiger partial charge is 0.306 e. The quantitative estimate of drug-likeness (QED) is 0.0814. The molecule has 0 rings (SSSR count). The largest absolute Gasteiger partial charge is 0.466 e. The lowest BCUT2D eigenvalue weighted by Crippen LogP contribution is -2.17. The van der Waals surface area contributed by atoms with Crippen molar-refractivity contribution in [3.63, 3.8) is 0 Å². The molecule has 0 aliphatic carbocycles. The second-order valence-electron chi connectivity index (χ2n) is 11.2. The van der Waals surface area contributed by atoms with Gasteiger partial charge in [-0.05, 0) is 37.5 Å². The molecular formula is C32H62O4. The first-order chi connectivity index (χ1) is 17.5. The highest BCUT2D eigenvalue weighted by atomic mass is 16.5. The van der Waals surface area contributed by atoms with E-state index in [9.17, 15) is 9.59 Å². The number of carbonyl (C=O) groups is 2. The van der Waals surface area contributed by atoms with E-state index < -0.39 is 0 Å². The minimum Gasteiger partial charge on any atom is -0.466 e. The maximum atomic E-state index is 12.2.